The van der Waals surface area contributed by atoms with Crippen LogP contribution in [0.4, 0.5) is 5.95 Å². The lowest BCUT2D eigenvalue weighted by Gasteiger charge is -2.09. The van der Waals surface area contributed by atoms with Gasteiger partial charge in [-0.3, -0.25) is 18.9 Å². The summed E-state index contributed by atoms with van der Waals surface area (Å²) < 4.78 is 35.8. The number of nitrogens with one attached hydrogen (secondary N) is 1. The molecule has 0 aliphatic carbocycles. The van der Waals surface area contributed by atoms with Gasteiger partial charge in [0.05, 0.1) is 12.9 Å². The summed E-state index contributed by atoms with van der Waals surface area (Å²) in [4.78, 5) is 21.4. The van der Waals surface area contributed by atoms with Gasteiger partial charge in [-0.2, -0.15) is 13.4 Å². The van der Waals surface area contributed by atoms with E-state index in [1.807, 2.05) is 0 Å². The molecule has 1 unspecified atom stereocenters. The molecule has 0 saturated heterocycles. The van der Waals surface area contributed by atoms with Crippen LogP contribution >= 0.6 is 0 Å². The van der Waals surface area contributed by atoms with E-state index in [4.69, 9.17) is 20.1 Å². The number of hydrogen-bond acceptors (Lipinski definition) is 8. The number of anilines is 1. The first-order chi connectivity index (χ1) is 9.29. The van der Waals surface area contributed by atoms with Crippen molar-refractivity contribution in [1.82, 2.24) is 19.5 Å². The Morgan fingerprint density at radius 2 is 2.25 bits per heavy atom. The van der Waals surface area contributed by atoms with E-state index in [-0.39, 0.29) is 23.8 Å². The third kappa shape index (κ3) is 2.93. The third-order valence-electron chi connectivity index (χ3n) is 2.33. The van der Waals surface area contributed by atoms with E-state index < -0.39 is 27.7 Å². The predicted molar refractivity (Wildman–Crippen MR) is 66.1 cm³/mol. The van der Waals surface area contributed by atoms with Gasteiger partial charge in [-0.15, -0.1) is 0 Å². The molecule has 2 aromatic heterocycles. The average Bonchev–Trinajstić information content (AvgIpc) is 2.71. The van der Waals surface area contributed by atoms with Gasteiger partial charge in [-0.25, -0.2) is 4.98 Å². The minimum Gasteiger partial charge on any atom is -0.373 e. The van der Waals surface area contributed by atoms with Crippen molar-refractivity contribution in [2.24, 2.45) is 0 Å². The molecule has 0 aliphatic rings. The van der Waals surface area contributed by atoms with E-state index in [9.17, 15) is 13.2 Å². The zero-order chi connectivity index (χ0) is 14.9. The van der Waals surface area contributed by atoms with Crippen molar-refractivity contribution in [2.45, 2.75) is 12.2 Å². The topological polar surface area (TPSA) is 173 Å². The van der Waals surface area contributed by atoms with Crippen LogP contribution < -0.4 is 11.3 Å². The van der Waals surface area contributed by atoms with Crippen LogP contribution in [0.15, 0.2) is 11.1 Å². The van der Waals surface area contributed by atoms with Crippen molar-refractivity contribution in [1.29, 1.82) is 0 Å². The number of ether oxygens (including phenoxy) is 1. The molecule has 0 saturated carbocycles. The smallest absolute Gasteiger partial charge is 0.294 e. The number of aromatic nitrogens is 4. The summed E-state index contributed by atoms with van der Waals surface area (Å²) >= 11 is 0. The van der Waals surface area contributed by atoms with Crippen molar-refractivity contribution in [3.05, 3.63) is 16.7 Å². The summed E-state index contributed by atoms with van der Waals surface area (Å²) in [5.74, 6) is -0.109. The molecule has 11 nitrogen and oxygen atoms in total. The highest BCUT2D eigenvalue weighted by atomic mass is 32.2. The molecule has 0 amide bonds. The van der Waals surface area contributed by atoms with Crippen molar-refractivity contribution < 1.29 is 22.8 Å². The van der Waals surface area contributed by atoms with Gasteiger partial charge >= 0.3 is 0 Å². The summed E-state index contributed by atoms with van der Waals surface area (Å²) in [6, 6.07) is 0. The lowest BCUT2D eigenvalue weighted by molar-refractivity contribution is 0.0326. The van der Waals surface area contributed by atoms with Crippen LogP contribution in [0.2, 0.25) is 0 Å². The molecule has 5 N–H and O–H groups in total. The fraction of sp³-hybridized carbons (Fsp3) is 0.375. The molecule has 12 heteroatoms. The summed E-state index contributed by atoms with van der Waals surface area (Å²) in [6.45, 7) is -0.893. The van der Waals surface area contributed by atoms with Gasteiger partial charge in [0.2, 0.25) is 11.4 Å². The highest BCUT2D eigenvalue weighted by Crippen LogP contribution is 2.06. The second kappa shape index (κ2) is 5.16. The van der Waals surface area contributed by atoms with Crippen LogP contribution in [-0.4, -0.2) is 49.6 Å². The number of fused-ring (bicyclic) bond motifs is 1. The molecule has 2 heterocycles. The highest BCUT2D eigenvalue weighted by molar-refractivity contribution is 7.86. The Morgan fingerprint density at radius 3 is 2.90 bits per heavy atom. The number of aliphatic hydroxyl groups excluding tert-OH is 1. The molecule has 0 bridgehead atoms. The fourth-order valence-electron chi connectivity index (χ4n) is 1.40. The van der Waals surface area contributed by atoms with E-state index in [2.05, 4.69) is 15.0 Å². The van der Waals surface area contributed by atoms with Crippen LogP contribution in [-0.2, 0) is 21.6 Å². The van der Waals surface area contributed by atoms with Gasteiger partial charge < -0.3 is 15.6 Å². The zero-order valence-electron chi connectivity index (χ0n) is 9.92. The molecule has 0 aromatic carbocycles. The summed E-state index contributed by atoms with van der Waals surface area (Å²) in [5, 5.41) is 9.04. The molecule has 0 radical (unpaired) electrons. The summed E-state index contributed by atoms with van der Waals surface area (Å²) in [6.07, 6.45) is 1.24. The van der Waals surface area contributed by atoms with Crippen molar-refractivity contribution in [2.75, 3.05) is 12.3 Å². The maximum Gasteiger partial charge on any atom is 0.294 e. The first-order valence-electron chi connectivity index (χ1n) is 5.22. The minimum atomic E-state index is -4.58. The Balaban J connectivity index is 2.13. The molecular formula is C8H11N5O6S. The van der Waals surface area contributed by atoms with Crippen LogP contribution in [0.3, 0.4) is 0 Å². The van der Waals surface area contributed by atoms with Gasteiger partial charge in [0, 0.05) is 0 Å². The van der Waals surface area contributed by atoms with Crippen molar-refractivity contribution in [3.63, 3.8) is 0 Å². The molecule has 0 spiro atoms. The van der Waals surface area contributed by atoms with E-state index in [1.165, 1.54) is 10.9 Å². The quantitative estimate of drug-likeness (QED) is 0.450. The third-order valence-corrected chi connectivity index (χ3v) is 3.15. The van der Waals surface area contributed by atoms with Crippen LogP contribution in [0.1, 0.15) is 0 Å². The Hall–Kier alpha value is -2.02. The maximum absolute atomic E-state index is 11.5. The second-order valence-electron chi connectivity index (χ2n) is 3.81. The van der Waals surface area contributed by atoms with Gasteiger partial charge in [-0.05, 0) is 0 Å². The minimum absolute atomic E-state index is 0.0399. The van der Waals surface area contributed by atoms with E-state index in [1.54, 1.807) is 0 Å². The Labute approximate surface area is 111 Å². The van der Waals surface area contributed by atoms with E-state index in [0.717, 1.165) is 0 Å². The van der Waals surface area contributed by atoms with Gasteiger partial charge in [0.1, 0.15) is 6.73 Å². The number of aliphatic hydroxyl groups is 1. The normalized spacial score (nSPS) is 13.7. The van der Waals surface area contributed by atoms with Gasteiger partial charge in [0.15, 0.2) is 11.2 Å². The molecule has 2 aromatic rings. The van der Waals surface area contributed by atoms with E-state index in [0.29, 0.717) is 0 Å². The van der Waals surface area contributed by atoms with E-state index >= 15 is 0 Å². The van der Waals surface area contributed by atoms with Gasteiger partial charge in [-0.1, -0.05) is 0 Å². The Bertz CT molecular complexity index is 780. The number of H-pyrrole nitrogens is 1. The van der Waals surface area contributed by atoms with Gasteiger partial charge in [0.25, 0.3) is 15.7 Å². The first kappa shape index (κ1) is 14.4. The molecule has 0 aliphatic heterocycles. The zero-order valence-corrected chi connectivity index (χ0v) is 10.7. The standard InChI is InChI=1S/C8H11N5O6S/c9-8-11-6-5(7(15)12-8)10-2-13(6)3-19-1-4(14)20(16,17)18/h2,4,14H,1,3H2,(H,16,17,18)(H3,9,11,12,15). The number of nitrogen functional groups attached to an aromatic ring is 1. The second-order valence-corrected chi connectivity index (χ2v) is 5.38. The number of imidazole rings is 1. The van der Waals surface area contributed by atoms with Crippen molar-refractivity contribution in [3.8, 4) is 0 Å². The Kier molecular flexibility index (Phi) is 3.71. The number of rotatable bonds is 5. The molecule has 2 rings (SSSR count). The number of nitrogens with zero attached hydrogens (tertiary/aromatic N) is 3. The SMILES string of the molecule is Nc1nc2c(ncn2COCC(O)S(=O)(=O)O)c(=O)[nH]1. The number of nitrogens with two attached hydrogens (primary N) is 1. The fourth-order valence-corrected chi connectivity index (χ4v) is 1.67. The number of hydrogen-bond donors (Lipinski definition) is 4. The van der Waals surface area contributed by atoms with Crippen LogP contribution in [0, 0.1) is 0 Å². The monoisotopic (exact) mass is 305 g/mol. The predicted octanol–water partition coefficient (Wildman–Crippen LogP) is -2.12. The summed E-state index contributed by atoms with van der Waals surface area (Å²) in [7, 11) is -4.58. The average molecular weight is 305 g/mol. The molecule has 110 valence electrons. The largest absolute Gasteiger partial charge is 0.373 e. The Morgan fingerprint density at radius 1 is 1.55 bits per heavy atom. The first-order valence-corrected chi connectivity index (χ1v) is 6.72. The molecule has 20 heavy (non-hydrogen) atoms. The summed E-state index contributed by atoms with van der Waals surface area (Å²) in [5.41, 5.74) is 2.99. The highest BCUT2D eigenvalue weighted by Gasteiger charge is 2.19. The van der Waals surface area contributed by atoms with Crippen LogP contribution in [0.25, 0.3) is 11.2 Å². The lowest BCUT2D eigenvalue weighted by atomic mass is 10.5. The maximum atomic E-state index is 11.5. The number of aromatic amines is 1. The molecule has 1 atom stereocenters. The molecular weight excluding hydrogens is 294 g/mol. The van der Waals surface area contributed by atoms with Crippen LogP contribution in [0.5, 0.6) is 0 Å². The molecule has 0 fully saturated rings. The lowest BCUT2D eigenvalue weighted by Crippen LogP contribution is -2.26. The van der Waals surface area contributed by atoms with Crippen molar-refractivity contribution >= 4 is 27.2 Å².